The van der Waals surface area contributed by atoms with Gasteiger partial charge in [0.25, 0.3) is 5.91 Å². The van der Waals surface area contributed by atoms with E-state index in [4.69, 9.17) is 11.6 Å². The predicted molar refractivity (Wildman–Crippen MR) is 106 cm³/mol. The van der Waals surface area contributed by atoms with Crippen LogP contribution < -0.4 is 9.62 Å². The molecule has 0 atom stereocenters. The van der Waals surface area contributed by atoms with E-state index in [2.05, 4.69) is 5.32 Å². The van der Waals surface area contributed by atoms with Gasteiger partial charge in [0, 0.05) is 22.8 Å². The monoisotopic (exact) mass is 392 g/mol. The number of benzene rings is 2. The Morgan fingerprint density at radius 3 is 2.50 bits per heavy atom. The summed E-state index contributed by atoms with van der Waals surface area (Å²) < 4.78 is 26.2. The molecule has 0 bridgehead atoms. The number of amides is 1. The summed E-state index contributed by atoms with van der Waals surface area (Å²) in [5.74, 6) is -0.161. The van der Waals surface area contributed by atoms with E-state index in [-0.39, 0.29) is 11.7 Å². The van der Waals surface area contributed by atoms with Gasteiger partial charge in [-0.2, -0.15) is 0 Å². The van der Waals surface area contributed by atoms with Gasteiger partial charge in [0.2, 0.25) is 10.0 Å². The van der Waals surface area contributed by atoms with Crippen molar-refractivity contribution in [2.45, 2.75) is 26.7 Å². The van der Waals surface area contributed by atoms with Crippen molar-refractivity contribution in [3.8, 4) is 0 Å². The molecule has 1 fully saturated rings. The van der Waals surface area contributed by atoms with Crippen LogP contribution in [0.25, 0.3) is 0 Å². The molecular weight excluding hydrogens is 372 g/mol. The molecule has 1 aliphatic heterocycles. The van der Waals surface area contributed by atoms with Crippen LogP contribution in [0.15, 0.2) is 36.4 Å². The molecule has 0 unspecified atom stereocenters. The molecule has 2 aromatic rings. The fourth-order valence-electron chi connectivity index (χ4n) is 2.95. The quantitative estimate of drug-likeness (QED) is 0.853. The van der Waals surface area contributed by atoms with Gasteiger partial charge in [-0.05, 0) is 62.1 Å². The number of nitrogens with one attached hydrogen (secondary N) is 1. The second-order valence-electron chi connectivity index (χ2n) is 6.51. The first-order chi connectivity index (χ1) is 12.3. The maximum Gasteiger partial charge on any atom is 0.255 e. The van der Waals surface area contributed by atoms with E-state index in [0.29, 0.717) is 34.9 Å². The van der Waals surface area contributed by atoms with Crippen LogP contribution in [-0.2, 0) is 10.0 Å². The normalized spacial score (nSPS) is 16.3. The Bertz CT molecular complexity index is 957. The van der Waals surface area contributed by atoms with E-state index in [1.165, 1.54) is 4.31 Å². The van der Waals surface area contributed by atoms with Crippen molar-refractivity contribution in [1.82, 2.24) is 0 Å². The van der Waals surface area contributed by atoms with Crippen LogP contribution in [0.3, 0.4) is 0 Å². The maximum absolute atomic E-state index is 12.6. The molecule has 1 heterocycles. The first-order valence-corrected chi connectivity index (χ1v) is 10.5. The Hall–Kier alpha value is -2.05. The number of carbonyl (C=O) groups excluding carboxylic acids is 1. The lowest BCUT2D eigenvalue weighted by Gasteiger charge is -2.29. The highest BCUT2D eigenvalue weighted by Gasteiger charge is 2.27. The lowest BCUT2D eigenvalue weighted by molar-refractivity contribution is 0.102. The van der Waals surface area contributed by atoms with Crippen LogP contribution in [0.5, 0.6) is 0 Å². The SMILES string of the molecule is Cc1ccc(NC(=O)c2ccc(C)c(N3CCCCS3(=O)=O)c2)cc1Cl. The molecule has 0 spiro atoms. The molecule has 1 aliphatic rings. The molecule has 0 aromatic heterocycles. The predicted octanol–water partition coefficient (Wildman–Crippen LogP) is 4.14. The van der Waals surface area contributed by atoms with Gasteiger partial charge in [-0.1, -0.05) is 23.7 Å². The number of rotatable bonds is 3. The van der Waals surface area contributed by atoms with Crippen molar-refractivity contribution in [3.05, 3.63) is 58.1 Å². The van der Waals surface area contributed by atoms with E-state index in [9.17, 15) is 13.2 Å². The van der Waals surface area contributed by atoms with Gasteiger partial charge in [0.05, 0.1) is 11.4 Å². The summed E-state index contributed by atoms with van der Waals surface area (Å²) in [6.07, 6.45) is 1.49. The van der Waals surface area contributed by atoms with Crippen LogP contribution >= 0.6 is 11.6 Å². The Kier molecular flexibility index (Phi) is 5.25. The largest absolute Gasteiger partial charge is 0.322 e. The lowest BCUT2D eigenvalue weighted by atomic mass is 10.1. The molecule has 1 amide bonds. The highest BCUT2D eigenvalue weighted by atomic mass is 35.5. The van der Waals surface area contributed by atoms with E-state index in [1.54, 1.807) is 30.3 Å². The second-order valence-corrected chi connectivity index (χ2v) is 8.93. The summed E-state index contributed by atoms with van der Waals surface area (Å²) in [5.41, 5.74) is 3.32. The first-order valence-electron chi connectivity index (χ1n) is 8.46. The number of carbonyl (C=O) groups is 1. The van der Waals surface area contributed by atoms with Gasteiger partial charge in [-0.25, -0.2) is 8.42 Å². The van der Waals surface area contributed by atoms with Crippen molar-refractivity contribution in [1.29, 1.82) is 0 Å². The van der Waals surface area contributed by atoms with Crippen molar-refractivity contribution in [2.75, 3.05) is 21.9 Å². The number of nitrogens with zero attached hydrogens (tertiary/aromatic N) is 1. The van der Waals surface area contributed by atoms with Crippen molar-refractivity contribution in [2.24, 2.45) is 0 Å². The third kappa shape index (κ3) is 3.86. The highest BCUT2D eigenvalue weighted by molar-refractivity contribution is 7.92. The van der Waals surface area contributed by atoms with Gasteiger partial charge < -0.3 is 5.32 Å². The number of sulfonamides is 1. The fraction of sp³-hybridized carbons (Fsp3) is 0.316. The minimum Gasteiger partial charge on any atom is -0.322 e. The standard InChI is InChI=1S/C19H21ClN2O3S/c1-13-6-8-16(12-17(13)20)21-19(23)15-7-5-14(2)18(11-15)22-9-3-4-10-26(22,24)25/h5-8,11-12H,3-4,9-10H2,1-2H3,(H,21,23). The highest BCUT2D eigenvalue weighted by Crippen LogP contribution is 2.28. The smallest absolute Gasteiger partial charge is 0.255 e. The first kappa shape index (κ1) is 18.7. The van der Waals surface area contributed by atoms with Crippen molar-refractivity contribution >= 4 is 38.9 Å². The molecule has 7 heteroatoms. The molecule has 3 rings (SSSR count). The summed E-state index contributed by atoms with van der Waals surface area (Å²) >= 11 is 6.10. The van der Waals surface area contributed by atoms with Crippen LogP contribution in [0.4, 0.5) is 11.4 Å². The van der Waals surface area contributed by atoms with E-state index >= 15 is 0 Å². The van der Waals surface area contributed by atoms with E-state index < -0.39 is 10.0 Å². The minimum absolute atomic E-state index is 0.144. The summed E-state index contributed by atoms with van der Waals surface area (Å²) in [4.78, 5) is 12.6. The number of aryl methyl sites for hydroxylation is 2. The zero-order chi connectivity index (χ0) is 18.9. The van der Waals surface area contributed by atoms with Crippen molar-refractivity contribution in [3.63, 3.8) is 0 Å². The molecule has 26 heavy (non-hydrogen) atoms. The second kappa shape index (κ2) is 7.29. The van der Waals surface area contributed by atoms with E-state index in [0.717, 1.165) is 17.5 Å². The van der Waals surface area contributed by atoms with Crippen LogP contribution in [0.1, 0.15) is 34.3 Å². The van der Waals surface area contributed by atoms with E-state index in [1.807, 2.05) is 19.9 Å². The molecule has 2 aromatic carbocycles. The average molecular weight is 393 g/mol. The molecule has 0 aliphatic carbocycles. The minimum atomic E-state index is -3.33. The topological polar surface area (TPSA) is 66.5 Å². The number of hydrogen-bond donors (Lipinski definition) is 1. The average Bonchev–Trinajstić information content (AvgIpc) is 2.58. The Morgan fingerprint density at radius 2 is 1.81 bits per heavy atom. The fourth-order valence-corrected chi connectivity index (χ4v) is 4.83. The Labute approximate surface area is 159 Å². The zero-order valence-corrected chi connectivity index (χ0v) is 16.3. The summed E-state index contributed by atoms with van der Waals surface area (Å²) in [5, 5.41) is 3.38. The number of anilines is 2. The maximum atomic E-state index is 12.6. The molecule has 5 nitrogen and oxygen atoms in total. The zero-order valence-electron chi connectivity index (χ0n) is 14.8. The number of halogens is 1. The summed E-state index contributed by atoms with van der Waals surface area (Å²) in [6, 6.07) is 10.4. The summed E-state index contributed by atoms with van der Waals surface area (Å²) in [7, 11) is -3.33. The molecule has 1 N–H and O–H groups in total. The van der Waals surface area contributed by atoms with Crippen LogP contribution in [-0.4, -0.2) is 26.6 Å². The van der Waals surface area contributed by atoms with Gasteiger partial charge in [-0.15, -0.1) is 0 Å². The Morgan fingerprint density at radius 1 is 1.08 bits per heavy atom. The van der Waals surface area contributed by atoms with Crippen molar-refractivity contribution < 1.29 is 13.2 Å². The molecule has 1 saturated heterocycles. The van der Waals surface area contributed by atoms with Gasteiger partial charge >= 0.3 is 0 Å². The third-order valence-electron chi connectivity index (χ3n) is 4.52. The van der Waals surface area contributed by atoms with Gasteiger partial charge in [-0.3, -0.25) is 9.10 Å². The Balaban J connectivity index is 1.89. The molecule has 138 valence electrons. The summed E-state index contributed by atoms with van der Waals surface area (Å²) in [6.45, 7) is 4.18. The number of hydrogen-bond acceptors (Lipinski definition) is 3. The van der Waals surface area contributed by atoms with Gasteiger partial charge in [0.1, 0.15) is 0 Å². The van der Waals surface area contributed by atoms with Crippen LogP contribution in [0, 0.1) is 13.8 Å². The van der Waals surface area contributed by atoms with Crippen LogP contribution in [0.2, 0.25) is 5.02 Å². The third-order valence-corrected chi connectivity index (χ3v) is 6.78. The lowest BCUT2D eigenvalue weighted by Crippen LogP contribution is -2.38. The molecular formula is C19H21ClN2O3S. The molecule has 0 radical (unpaired) electrons. The van der Waals surface area contributed by atoms with Gasteiger partial charge in [0.15, 0.2) is 0 Å². The molecule has 0 saturated carbocycles.